The van der Waals surface area contributed by atoms with Gasteiger partial charge >= 0.3 is 0 Å². The maximum absolute atomic E-state index is 14.9. The van der Waals surface area contributed by atoms with Crippen LogP contribution in [-0.4, -0.2) is 96.7 Å². The average molecular weight is 655 g/mol. The molecule has 1 spiro atoms. The SMILES string of the molecule is C=CCN(CCC)C(=O)[C@H]1[C@@H]2SC3(CC2Br)C(C(=O)N(CC=C)C(C)(C)CC(C)(C)C)N(CCCCCO)C(=O)[C@H]13. The van der Waals surface area contributed by atoms with E-state index in [-0.39, 0.29) is 39.8 Å². The van der Waals surface area contributed by atoms with Crippen LogP contribution in [0.2, 0.25) is 0 Å². The van der Waals surface area contributed by atoms with Gasteiger partial charge in [-0.15, -0.1) is 24.9 Å². The van der Waals surface area contributed by atoms with E-state index in [1.54, 1.807) is 28.8 Å². The van der Waals surface area contributed by atoms with Crippen molar-refractivity contribution in [3.8, 4) is 0 Å². The molecule has 0 radical (unpaired) electrons. The number of unbranched alkanes of at least 4 members (excludes halogenated alkanes) is 2. The Hall–Kier alpha value is -1.32. The summed E-state index contributed by atoms with van der Waals surface area (Å²) in [6.45, 7) is 22.6. The van der Waals surface area contributed by atoms with Crippen molar-refractivity contribution in [1.29, 1.82) is 0 Å². The van der Waals surface area contributed by atoms with E-state index in [9.17, 15) is 19.5 Å². The minimum absolute atomic E-state index is 0.00188. The van der Waals surface area contributed by atoms with Crippen molar-refractivity contribution in [1.82, 2.24) is 14.7 Å². The number of aliphatic hydroxyl groups is 1. The molecule has 0 aliphatic carbocycles. The zero-order valence-electron chi connectivity index (χ0n) is 26.0. The Morgan fingerprint density at radius 3 is 2.34 bits per heavy atom. The first-order valence-electron chi connectivity index (χ1n) is 15.3. The van der Waals surface area contributed by atoms with Crippen molar-refractivity contribution >= 4 is 45.4 Å². The number of hydrogen-bond acceptors (Lipinski definition) is 5. The van der Waals surface area contributed by atoms with Gasteiger partial charge in [-0.1, -0.05) is 55.8 Å². The predicted molar refractivity (Wildman–Crippen MR) is 172 cm³/mol. The first-order chi connectivity index (χ1) is 19.2. The quantitative estimate of drug-likeness (QED) is 0.148. The van der Waals surface area contributed by atoms with E-state index < -0.39 is 28.2 Å². The molecule has 3 unspecified atom stereocenters. The van der Waals surface area contributed by atoms with Crippen molar-refractivity contribution < 1.29 is 19.5 Å². The van der Waals surface area contributed by atoms with Gasteiger partial charge in [0.2, 0.25) is 17.7 Å². The van der Waals surface area contributed by atoms with Crippen molar-refractivity contribution in [3.63, 3.8) is 0 Å². The first-order valence-corrected chi connectivity index (χ1v) is 17.1. The number of aliphatic hydroxyl groups excluding tert-OH is 1. The van der Waals surface area contributed by atoms with Crippen LogP contribution in [0.4, 0.5) is 0 Å². The van der Waals surface area contributed by atoms with Gasteiger partial charge in [0.15, 0.2) is 0 Å². The fraction of sp³-hybridized carbons (Fsp3) is 0.781. The number of halogens is 1. The van der Waals surface area contributed by atoms with Gasteiger partial charge < -0.3 is 19.8 Å². The molecule has 3 heterocycles. The Bertz CT molecular complexity index is 998. The number of thioether (sulfide) groups is 1. The Morgan fingerprint density at radius 2 is 1.78 bits per heavy atom. The van der Waals surface area contributed by atoms with Crippen molar-refractivity contribution in [2.45, 2.75) is 106 Å². The minimum Gasteiger partial charge on any atom is -0.396 e. The highest BCUT2D eigenvalue weighted by Gasteiger charge is 2.76. The average Bonchev–Trinajstić information content (AvgIpc) is 3.46. The smallest absolute Gasteiger partial charge is 0.247 e. The molecule has 0 aromatic carbocycles. The molecule has 3 aliphatic heterocycles. The van der Waals surface area contributed by atoms with Crippen LogP contribution in [0.15, 0.2) is 25.3 Å². The van der Waals surface area contributed by atoms with Crippen LogP contribution < -0.4 is 0 Å². The number of amides is 3. The van der Waals surface area contributed by atoms with Gasteiger partial charge in [-0.25, -0.2) is 0 Å². The minimum atomic E-state index is -0.673. The van der Waals surface area contributed by atoms with Crippen LogP contribution in [0.3, 0.4) is 0 Å². The van der Waals surface area contributed by atoms with Crippen LogP contribution in [0, 0.1) is 17.3 Å². The van der Waals surface area contributed by atoms with E-state index in [1.807, 2.05) is 16.7 Å². The van der Waals surface area contributed by atoms with Gasteiger partial charge in [0.05, 0.1) is 16.6 Å². The monoisotopic (exact) mass is 653 g/mol. The maximum atomic E-state index is 14.9. The molecule has 0 saturated carbocycles. The topological polar surface area (TPSA) is 81.2 Å². The summed E-state index contributed by atoms with van der Waals surface area (Å²) in [5, 5.41) is 9.27. The summed E-state index contributed by atoms with van der Waals surface area (Å²) in [6.07, 6.45) is 7.94. The molecule has 9 heteroatoms. The Balaban J connectivity index is 2.09. The summed E-state index contributed by atoms with van der Waals surface area (Å²) in [6, 6.07) is -0.653. The molecule has 3 amide bonds. The summed E-state index contributed by atoms with van der Waals surface area (Å²) in [5.41, 5.74) is -0.470. The molecule has 232 valence electrons. The predicted octanol–water partition coefficient (Wildman–Crippen LogP) is 5.27. The third-order valence-electron chi connectivity index (χ3n) is 8.79. The highest BCUT2D eigenvalue weighted by molar-refractivity contribution is 9.09. The highest BCUT2D eigenvalue weighted by Crippen LogP contribution is 2.68. The molecule has 2 bridgehead atoms. The molecule has 0 aromatic heterocycles. The molecule has 3 fully saturated rings. The summed E-state index contributed by atoms with van der Waals surface area (Å²) >= 11 is 5.59. The van der Waals surface area contributed by atoms with Gasteiger partial charge in [-0.05, 0) is 57.8 Å². The number of carbonyl (C=O) groups excluding carboxylic acids is 3. The third-order valence-corrected chi connectivity index (χ3v) is 12.0. The van der Waals surface area contributed by atoms with Gasteiger partial charge in [0, 0.05) is 48.4 Å². The zero-order valence-corrected chi connectivity index (χ0v) is 28.4. The number of alkyl halides is 1. The second kappa shape index (κ2) is 13.5. The van der Waals surface area contributed by atoms with Crippen LogP contribution in [0.1, 0.15) is 80.1 Å². The Kier molecular flexibility index (Phi) is 11.3. The van der Waals surface area contributed by atoms with E-state index in [0.717, 1.165) is 19.3 Å². The fourth-order valence-electron chi connectivity index (χ4n) is 7.74. The number of likely N-dealkylation sites (tertiary alicyclic amines) is 1. The molecule has 3 aliphatic rings. The molecule has 0 aromatic rings. The lowest BCUT2D eigenvalue weighted by Gasteiger charge is -2.46. The van der Waals surface area contributed by atoms with E-state index in [2.05, 4.69) is 63.7 Å². The normalized spacial score (nSPS) is 29.0. The highest BCUT2D eigenvalue weighted by atomic mass is 79.9. The van der Waals surface area contributed by atoms with Crippen LogP contribution >= 0.6 is 27.7 Å². The van der Waals surface area contributed by atoms with Crippen LogP contribution in [0.5, 0.6) is 0 Å². The lowest BCUT2D eigenvalue weighted by atomic mass is 9.70. The molecule has 7 nitrogen and oxygen atoms in total. The molecule has 1 N–H and O–H groups in total. The number of rotatable bonds is 15. The Labute approximate surface area is 260 Å². The largest absolute Gasteiger partial charge is 0.396 e. The summed E-state index contributed by atoms with van der Waals surface area (Å²) in [5.74, 6) is -1.13. The van der Waals surface area contributed by atoms with Gasteiger partial charge in [-0.2, -0.15) is 0 Å². The summed E-state index contributed by atoms with van der Waals surface area (Å²) in [4.78, 5) is 49.0. The third kappa shape index (κ3) is 6.77. The van der Waals surface area contributed by atoms with Crippen molar-refractivity contribution in [2.75, 3.05) is 32.8 Å². The number of carbonyl (C=O) groups is 3. The molecule has 41 heavy (non-hydrogen) atoms. The van der Waals surface area contributed by atoms with Crippen LogP contribution in [0.25, 0.3) is 0 Å². The van der Waals surface area contributed by atoms with E-state index in [4.69, 9.17) is 0 Å². The summed E-state index contributed by atoms with van der Waals surface area (Å²) in [7, 11) is 0. The lowest BCUT2D eigenvalue weighted by Crippen LogP contribution is -2.60. The van der Waals surface area contributed by atoms with Gasteiger partial charge in [-0.3, -0.25) is 14.4 Å². The number of fused-ring (bicyclic) bond motifs is 1. The van der Waals surface area contributed by atoms with Gasteiger partial charge in [0.25, 0.3) is 0 Å². The first kappa shape index (κ1) is 34.2. The van der Waals surface area contributed by atoms with Crippen molar-refractivity contribution in [2.24, 2.45) is 17.3 Å². The second-order valence-electron chi connectivity index (χ2n) is 13.8. The lowest BCUT2D eigenvalue weighted by molar-refractivity contribution is -0.147. The molecular formula is C32H52BrN3O4S. The fourth-order valence-corrected chi connectivity index (χ4v) is 11.3. The van der Waals surface area contributed by atoms with Crippen LogP contribution in [-0.2, 0) is 14.4 Å². The van der Waals surface area contributed by atoms with Gasteiger partial charge in [0.1, 0.15) is 6.04 Å². The zero-order chi connectivity index (χ0) is 30.8. The molecule has 3 saturated heterocycles. The molecular weight excluding hydrogens is 602 g/mol. The van der Waals surface area contributed by atoms with E-state index in [1.165, 1.54) is 0 Å². The van der Waals surface area contributed by atoms with E-state index >= 15 is 0 Å². The standard InChI is InChI=1S/C32H52BrN3O4S/c1-9-15-34(16-10-2)27(38)23-24-28(39)35(18-13-12-14-19-37)26(32(24)20-22(33)25(23)41-32)29(40)36(17-11-3)31(7,8)21-30(4,5)6/h9,11,22-26,37H,1,3,10,12-21H2,2,4-8H3/t22?,23-,24+,25-,26?,32?/m1/s1. The number of hydrogen-bond donors (Lipinski definition) is 1. The van der Waals surface area contributed by atoms with Crippen molar-refractivity contribution in [3.05, 3.63) is 25.3 Å². The molecule has 3 rings (SSSR count). The number of nitrogens with zero attached hydrogens (tertiary/aromatic N) is 3. The van der Waals surface area contributed by atoms with E-state index in [0.29, 0.717) is 45.4 Å². The molecule has 6 atom stereocenters. The maximum Gasteiger partial charge on any atom is 0.247 e. The summed E-state index contributed by atoms with van der Waals surface area (Å²) < 4.78 is -0.673. The Morgan fingerprint density at radius 1 is 1.12 bits per heavy atom. The second-order valence-corrected chi connectivity index (χ2v) is 16.6.